The van der Waals surface area contributed by atoms with Gasteiger partial charge < -0.3 is 9.47 Å². The highest BCUT2D eigenvalue weighted by atomic mass is 15.3. The number of nitrogens with zero attached hydrogens (tertiary/aromatic N) is 4. The molecule has 1 fully saturated rings. The number of anilines is 1. The molecule has 5 rings (SSSR count). The van der Waals surface area contributed by atoms with Gasteiger partial charge in [-0.15, -0.1) is 0 Å². The van der Waals surface area contributed by atoms with E-state index in [9.17, 15) is 0 Å². The van der Waals surface area contributed by atoms with E-state index >= 15 is 0 Å². The van der Waals surface area contributed by atoms with E-state index in [4.69, 9.17) is 4.98 Å². The molecule has 0 radical (unpaired) electrons. The highest BCUT2D eigenvalue weighted by molar-refractivity contribution is 5.80. The van der Waals surface area contributed by atoms with Gasteiger partial charge in [-0.05, 0) is 42.3 Å². The van der Waals surface area contributed by atoms with E-state index in [-0.39, 0.29) is 6.04 Å². The Kier molecular flexibility index (Phi) is 5.72. The average Bonchev–Trinajstić information content (AvgIpc) is 3.24. The molecule has 4 heteroatoms. The van der Waals surface area contributed by atoms with Crippen LogP contribution in [0.15, 0.2) is 85.2 Å². The van der Waals surface area contributed by atoms with Crippen molar-refractivity contribution in [2.24, 2.45) is 0 Å². The molecule has 4 aromatic rings. The minimum atomic E-state index is 0.101. The first kappa shape index (κ1) is 19.8. The molecule has 0 spiro atoms. The molecule has 0 saturated carbocycles. The summed E-state index contributed by atoms with van der Waals surface area (Å²) in [5.74, 6) is 0. The smallest absolute Gasteiger partial charge is 0.0966 e. The maximum Gasteiger partial charge on any atom is 0.0966 e. The molecule has 1 aliphatic heterocycles. The van der Waals surface area contributed by atoms with Crippen molar-refractivity contribution in [3.8, 4) is 0 Å². The lowest BCUT2D eigenvalue weighted by atomic mass is 9.98. The molecule has 31 heavy (non-hydrogen) atoms. The van der Waals surface area contributed by atoms with Gasteiger partial charge in [0.05, 0.1) is 23.4 Å². The largest absolute Gasteiger partial charge is 0.369 e. The second-order valence-corrected chi connectivity index (χ2v) is 8.38. The molecule has 158 valence electrons. The first-order valence-electron chi connectivity index (χ1n) is 11.4. The van der Waals surface area contributed by atoms with Crippen molar-refractivity contribution < 1.29 is 0 Å². The minimum Gasteiger partial charge on any atom is -0.369 e. The van der Waals surface area contributed by atoms with Gasteiger partial charge in [-0.2, -0.15) is 0 Å². The van der Waals surface area contributed by atoms with E-state index in [2.05, 4.69) is 100 Å². The van der Waals surface area contributed by atoms with Gasteiger partial charge in [0.15, 0.2) is 0 Å². The van der Waals surface area contributed by atoms with Crippen LogP contribution in [0, 0.1) is 0 Å². The molecule has 0 amide bonds. The van der Waals surface area contributed by atoms with E-state index in [0.29, 0.717) is 0 Å². The quantitative estimate of drug-likeness (QED) is 0.436. The van der Waals surface area contributed by atoms with Crippen LogP contribution >= 0.6 is 0 Å². The Morgan fingerprint density at radius 3 is 2.06 bits per heavy atom. The van der Waals surface area contributed by atoms with Crippen molar-refractivity contribution in [1.82, 2.24) is 14.5 Å². The van der Waals surface area contributed by atoms with Gasteiger partial charge >= 0.3 is 0 Å². The summed E-state index contributed by atoms with van der Waals surface area (Å²) in [5.41, 5.74) is 6.07. The summed E-state index contributed by atoms with van der Waals surface area (Å²) < 4.78 is 2.33. The molecule has 0 aliphatic carbocycles. The first-order chi connectivity index (χ1) is 15.3. The zero-order valence-electron chi connectivity index (χ0n) is 18.2. The normalized spacial score (nSPS) is 15.1. The SMILES string of the molecule is CCCN1CCN(c2ccc3ncn(C(c4ccccc4)c4ccccc4)c3c2)CC1. The second kappa shape index (κ2) is 8.94. The van der Waals surface area contributed by atoms with E-state index in [1.54, 1.807) is 0 Å². The number of fused-ring (bicyclic) bond motifs is 1. The van der Waals surface area contributed by atoms with Gasteiger partial charge in [0.1, 0.15) is 0 Å². The lowest BCUT2D eigenvalue weighted by Gasteiger charge is -2.36. The van der Waals surface area contributed by atoms with E-state index < -0.39 is 0 Å². The maximum absolute atomic E-state index is 4.75. The third-order valence-electron chi connectivity index (χ3n) is 6.34. The van der Waals surface area contributed by atoms with E-state index in [1.807, 2.05) is 6.33 Å². The first-order valence-corrected chi connectivity index (χ1v) is 11.4. The second-order valence-electron chi connectivity index (χ2n) is 8.38. The molecule has 2 heterocycles. The highest BCUT2D eigenvalue weighted by Crippen LogP contribution is 2.31. The highest BCUT2D eigenvalue weighted by Gasteiger charge is 2.21. The topological polar surface area (TPSA) is 24.3 Å². The predicted octanol–water partition coefficient (Wildman–Crippen LogP) is 5.21. The van der Waals surface area contributed by atoms with Crippen molar-refractivity contribution in [3.63, 3.8) is 0 Å². The number of piperazine rings is 1. The number of rotatable bonds is 6. The van der Waals surface area contributed by atoms with Crippen LogP contribution in [0.1, 0.15) is 30.5 Å². The Bertz CT molecular complexity index is 1070. The molecule has 4 nitrogen and oxygen atoms in total. The molecule has 0 N–H and O–H groups in total. The number of benzene rings is 3. The Morgan fingerprint density at radius 1 is 0.806 bits per heavy atom. The summed E-state index contributed by atoms with van der Waals surface area (Å²) in [5, 5.41) is 0. The zero-order chi connectivity index (χ0) is 21.0. The zero-order valence-corrected chi connectivity index (χ0v) is 18.2. The summed E-state index contributed by atoms with van der Waals surface area (Å²) in [6, 6.07) is 28.3. The van der Waals surface area contributed by atoms with E-state index in [1.165, 1.54) is 35.3 Å². The lowest BCUT2D eigenvalue weighted by molar-refractivity contribution is 0.258. The number of aromatic nitrogens is 2. The van der Waals surface area contributed by atoms with E-state index in [0.717, 1.165) is 31.7 Å². The Labute approximate surface area is 184 Å². The van der Waals surface area contributed by atoms with Gasteiger partial charge in [0.2, 0.25) is 0 Å². The van der Waals surface area contributed by atoms with Crippen LogP contribution in [0.5, 0.6) is 0 Å². The van der Waals surface area contributed by atoms with Gasteiger partial charge in [-0.3, -0.25) is 4.90 Å². The average molecular weight is 411 g/mol. The number of imidazole rings is 1. The minimum absolute atomic E-state index is 0.101. The fraction of sp³-hybridized carbons (Fsp3) is 0.296. The lowest BCUT2D eigenvalue weighted by Crippen LogP contribution is -2.46. The summed E-state index contributed by atoms with van der Waals surface area (Å²) in [6.45, 7) is 7.91. The van der Waals surface area contributed by atoms with Crippen molar-refractivity contribution in [3.05, 3.63) is 96.3 Å². The fourth-order valence-electron chi connectivity index (χ4n) is 4.75. The van der Waals surface area contributed by atoms with Crippen LogP contribution in [-0.2, 0) is 0 Å². The van der Waals surface area contributed by atoms with Crippen molar-refractivity contribution in [2.75, 3.05) is 37.6 Å². The third-order valence-corrected chi connectivity index (χ3v) is 6.34. The van der Waals surface area contributed by atoms with Crippen molar-refractivity contribution in [2.45, 2.75) is 19.4 Å². The number of hydrogen-bond acceptors (Lipinski definition) is 3. The molecule has 1 saturated heterocycles. The van der Waals surface area contributed by atoms with Gasteiger partial charge in [0.25, 0.3) is 0 Å². The van der Waals surface area contributed by atoms with Gasteiger partial charge in [0, 0.05) is 31.9 Å². The molecule has 0 unspecified atom stereocenters. The molecule has 3 aromatic carbocycles. The molecular formula is C27H30N4. The summed E-state index contributed by atoms with van der Waals surface area (Å²) in [7, 11) is 0. The number of hydrogen-bond donors (Lipinski definition) is 0. The third kappa shape index (κ3) is 4.08. The summed E-state index contributed by atoms with van der Waals surface area (Å²) in [6.07, 6.45) is 3.23. The molecule has 1 aromatic heterocycles. The predicted molar refractivity (Wildman–Crippen MR) is 129 cm³/mol. The summed E-state index contributed by atoms with van der Waals surface area (Å²) >= 11 is 0. The van der Waals surface area contributed by atoms with Crippen LogP contribution in [-0.4, -0.2) is 47.2 Å². The van der Waals surface area contributed by atoms with Gasteiger partial charge in [-0.1, -0.05) is 67.6 Å². The Balaban J connectivity index is 1.52. The van der Waals surface area contributed by atoms with Crippen LogP contribution in [0.4, 0.5) is 5.69 Å². The van der Waals surface area contributed by atoms with Crippen molar-refractivity contribution >= 4 is 16.7 Å². The van der Waals surface area contributed by atoms with Crippen LogP contribution in [0.3, 0.4) is 0 Å². The monoisotopic (exact) mass is 410 g/mol. The molecule has 0 bridgehead atoms. The van der Waals surface area contributed by atoms with Crippen LogP contribution in [0.25, 0.3) is 11.0 Å². The van der Waals surface area contributed by atoms with Crippen molar-refractivity contribution in [1.29, 1.82) is 0 Å². The van der Waals surface area contributed by atoms with Crippen LogP contribution in [0.2, 0.25) is 0 Å². The Morgan fingerprint density at radius 2 is 1.45 bits per heavy atom. The maximum atomic E-state index is 4.75. The Hall–Kier alpha value is -3.11. The molecule has 0 atom stereocenters. The summed E-state index contributed by atoms with van der Waals surface area (Å²) in [4.78, 5) is 9.84. The van der Waals surface area contributed by atoms with Gasteiger partial charge in [-0.25, -0.2) is 4.98 Å². The van der Waals surface area contributed by atoms with Crippen LogP contribution < -0.4 is 4.90 Å². The molecule has 1 aliphatic rings. The standard InChI is InChI=1S/C27H30N4/c1-2-15-29-16-18-30(19-17-29)24-13-14-25-26(20-24)31(21-28-25)27(22-9-5-3-6-10-22)23-11-7-4-8-12-23/h3-14,20-21,27H,2,15-19H2,1H3. The fourth-order valence-corrected chi connectivity index (χ4v) is 4.75. The molecular weight excluding hydrogens is 380 g/mol.